The van der Waals surface area contributed by atoms with Crippen LogP contribution in [0, 0.1) is 0 Å². The molecule has 0 aliphatic rings. The molecule has 4 N–H and O–H groups in total. The maximum absolute atomic E-state index is 8.87. The van der Waals surface area contributed by atoms with Crippen molar-refractivity contribution in [1.82, 2.24) is 5.32 Å². The van der Waals surface area contributed by atoms with Crippen LogP contribution in [0.1, 0.15) is 6.92 Å². The van der Waals surface area contributed by atoms with E-state index in [1.807, 2.05) is 19.1 Å². The van der Waals surface area contributed by atoms with Crippen molar-refractivity contribution in [2.24, 2.45) is 0 Å². The Morgan fingerprint density at radius 3 is 2.00 bits per heavy atom. The number of rotatable bonds is 6. The first-order valence-corrected chi connectivity index (χ1v) is 3.93. The number of hydrogen-bond donors (Lipinski definition) is 4. The minimum Gasteiger partial charge on any atom is -0.394 e. The molecule has 0 heterocycles. The van der Waals surface area contributed by atoms with Gasteiger partial charge in [-0.05, 0) is 6.92 Å². The van der Waals surface area contributed by atoms with Crippen molar-refractivity contribution in [2.45, 2.75) is 12.5 Å². The van der Waals surface area contributed by atoms with E-state index in [9.17, 15) is 0 Å². The fraction of sp³-hybridized carbons (Fsp3) is 0.750. The molecule has 0 aromatic heterocycles. The topological polar surface area (TPSA) is 72.7 Å². The van der Waals surface area contributed by atoms with Crippen LogP contribution in [0.25, 0.3) is 0 Å². The summed E-state index contributed by atoms with van der Waals surface area (Å²) in [7, 11) is 0. The summed E-state index contributed by atoms with van der Waals surface area (Å²) in [6.07, 6.45) is 3.69. The summed E-state index contributed by atoms with van der Waals surface area (Å²) in [4.78, 5) is 0. The molecular weight excluding hydrogens is 158 g/mol. The van der Waals surface area contributed by atoms with Gasteiger partial charge in [-0.3, -0.25) is 0 Å². The van der Waals surface area contributed by atoms with Gasteiger partial charge in [0.05, 0.1) is 25.4 Å². The van der Waals surface area contributed by atoms with E-state index < -0.39 is 5.54 Å². The molecule has 12 heavy (non-hydrogen) atoms. The van der Waals surface area contributed by atoms with Gasteiger partial charge >= 0.3 is 0 Å². The largest absolute Gasteiger partial charge is 0.394 e. The number of nitrogens with one attached hydrogen (secondary N) is 1. The first kappa shape index (κ1) is 11.6. The van der Waals surface area contributed by atoms with E-state index in [0.717, 1.165) is 0 Å². The Kier molecular flexibility index (Phi) is 5.92. The van der Waals surface area contributed by atoms with Gasteiger partial charge in [0.25, 0.3) is 0 Å². The summed E-state index contributed by atoms with van der Waals surface area (Å²) in [5.41, 5.74) is -0.959. The van der Waals surface area contributed by atoms with Crippen molar-refractivity contribution in [3.8, 4) is 0 Å². The van der Waals surface area contributed by atoms with Gasteiger partial charge in [-0.15, -0.1) is 0 Å². The van der Waals surface area contributed by atoms with Crippen molar-refractivity contribution < 1.29 is 15.3 Å². The van der Waals surface area contributed by atoms with Gasteiger partial charge in [-0.1, -0.05) is 12.2 Å². The first-order valence-electron chi connectivity index (χ1n) is 3.93. The second-order valence-electron chi connectivity index (χ2n) is 2.70. The van der Waals surface area contributed by atoms with Gasteiger partial charge in [0.1, 0.15) is 0 Å². The Labute approximate surface area is 72.5 Å². The Bertz CT molecular complexity index is 124. The van der Waals surface area contributed by atoms with Crippen molar-refractivity contribution in [2.75, 3.05) is 26.4 Å². The lowest BCUT2D eigenvalue weighted by Gasteiger charge is -2.28. The SMILES string of the molecule is C/C=C/CNC(CO)(CO)CO. The predicted molar refractivity (Wildman–Crippen MR) is 46.8 cm³/mol. The van der Waals surface area contributed by atoms with Gasteiger partial charge < -0.3 is 20.6 Å². The smallest absolute Gasteiger partial charge is 0.0884 e. The van der Waals surface area contributed by atoms with Crippen LogP contribution in [-0.4, -0.2) is 47.2 Å². The highest BCUT2D eigenvalue weighted by Crippen LogP contribution is 2.00. The maximum Gasteiger partial charge on any atom is 0.0884 e. The van der Waals surface area contributed by atoms with Gasteiger partial charge in [0.15, 0.2) is 0 Å². The minimum absolute atomic E-state index is 0.280. The van der Waals surface area contributed by atoms with Crippen molar-refractivity contribution in [1.29, 1.82) is 0 Å². The molecular formula is C8H17NO3. The zero-order valence-electron chi connectivity index (χ0n) is 7.32. The lowest BCUT2D eigenvalue weighted by molar-refractivity contribution is 0.0451. The highest BCUT2D eigenvalue weighted by Gasteiger charge is 2.26. The molecule has 0 saturated heterocycles. The van der Waals surface area contributed by atoms with Crippen molar-refractivity contribution in [3.05, 3.63) is 12.2 Å². The Morgan fingerprint density at radius 2 is 1.67 bits per heavy atom. The third kappa shape index (κ3) is 3.32. The highest BCUT2D eigenvalue weighted by atomic mass is 16.3. The van der Waals surface area contributed by atoms with E-state index >= 15 is 0 Å². The van der Waals surface area contributed by atoms with E-state index in [4.69, 9.17) is 15.3 Å². The van der Waals surface area contributed by atoms with Crippen molar-refractivity contribution >= 4 is 0 Å². The average molecular weight is 175 g/mol. The molecule has 0 unspecified atom stereocenters. The van der Waals surface area contributed by atoms with Crippen LogP contribution >= 0.6 is 0 Å². The number of aliphatic hydroxyl groups is 3. The summed E-state index contributed by atoms with van der Waals surface area (Å²) in [5, 5.41) is 29.5. The monoisotopic (exact) mass is 175 g/mol. The molecule has 0 rings (SSSR count). The molecule has 0 saturated carbocycles. The van der Waals surface area contributed by atoms with Gasteiger partial charge in [0.2, 0.25) is 0 Å². The second kappa shape index (κ2) is 6.14. The molecule has 0 spiro atoms. The fourth-order valence-corrected chi connectivity index (χ4v) is 0.711. The van der Waals surface area contributed by atoms with Gasteiger partial charge in [-0.25, -0.2) is 0 Å². The highest BCUT2D eigenvalue weighted by molar-refractivity contribution is 4.90. The lowest BCUT2D eigenvalue weighted by Crippen LogP contribution is -2.54. The average Bonchev–Trinajstić information content (AvgIpc) is 2.14. The summed E-state index contributed by atoms with van der Waals surface area (Å²) in [5.74, 6) is 0. The van der Waals surface area contributed by atoms with Gasteiger partial charge in [0, 0.05) is 6.54 Å². The third-order valence-electron chi connectivity index (χ3n) is 1.74. The van der Waals surface area contributed by atoms with E-state index in [1.54, 1.807) is 0 Å². The summed E-state index contributed by atoms with van der Waals surface area (Å²) in [6.45, 7) is 1.56. The minimum atomic E-state index is -0.959. The van der Waals surface area contributed by atoms with Crippen LogP contribution in [0.5, 0.6) is 0 Å². The fourth-order valence-electron chi connectivity index (χ4n) is 0.711. The maximum atomic E-state index is 8.87. The molecule has 72 valence electrons. The van der Waals surface area contributed by atoms with Crippen LogP contribution in [0.3, 0.4) is 0 Å². The second-order valence-corrected chi connectivity index (χ2v) is 2.70. The summed E-state index contributed by atoms with van der Waals surface area (Å²) in [6, 6.07) is 0. The predicted octanol–water partition coefficient (Wildman–Crippen LogP) is -1.13. The first-order chi connectivity index (χ1) is 5.74. The Balaban J connectivity index is 3.92. The molecule has 4 nitrogen and oxygen atoms in total. The molecule has 0 fully saturated rings. The molecule has 0 bridgehead atoms. The molecule has 0 radical (unpaired) electrons. The standard InChI is InChI=1S/C8H17NO3/c1-2-3-4-9-8(5-10,6-11)7-12/h2-3,9-12H,4-7H2,1H3/b3-2+. The van der Waals surface area contributed by atoms with Crippen LogP contribution < -0.4 is 5.32 Å². The molecule has 0 aliphatic heterocycles. The molecule has 4 heteroatoms. The number of aliphatic hydroxyl groups excluding tert-OH is 3. The molecule has 0 aromatic rings. The summed E-state index contributed by atoms with van der Waals surface area (Å²) < 4.78 is 0. The van der Waals surface area contributed by atoms with E-state index in [0.29, 0.717) is 6.54 Å². The quantitative estimate of drug-likeness (QED) is 0.385. The van der Waals surface area contributed by atoms with Crippen LogP contribution in [0.2, 0.25) is 0 Å². The number of hydrogen-bond acceptors (Lipinski definition) is 4. The normalized spacial score (nSPS) is 12.7. The zero-order chi connectivity index (χ0) is 9.45. The molecule has 0 atom stereocenters. The molecule has 0 aliphatic carbocycles. The lowest BCUT2D eigenvalue weighted by atomic mass is 10.0. The van der Waals surface area contributed by atoms with Crippen molar-refractivity contribution in [3.63, 3.8) is 0 Å². The van der Waals surface area contributed by atoms with E-state index in [1.165, 1.54) is 0 Å². The number of allylic oxidation sites excluding steroid dienone is 1. The zero-order valence-corrected chi connectivity index (χ0v) is 7.32. The summed E-state index contributed by atoms with van der Waals surface area (Å²) >= 11 is 0. The Morgan fingerprint density at radius 1 is 1.17 bits per heavy atom. The van der Waals surface area contributed by atoms with E-state index in [-0.39, 0.29) is 19.8 Å². The van der Waals surface area contributed by atoms with Gasteiger partial charge in [-0.2, -0.15) is 0 Å². The van der Waals surface area contributed by atoms with Crippen LogP contribution in [0.15, 0.2) is 12.2 Å². The third-order valence-corrected chi connectivity index (χ3v) is 1.74. The van der Waals surface area contributed by atoms with Crippen LogP contribution in [0.4, 0.5) is 0 Å². The Hall–Kier alpha value is -0.420. The van der Waals surface area contributed by atoms with Crippen LogP contribution in [-0.2, 0) is 0 Å². The molecule has 0 aromatic carbocycles. The molecule has 0 amide bonds. The van der Waals surface area contributed by atoms with E-state index in [2.05, 4.69) is 5.32 Å².